The fraction of sp³-hybridized carbons (Fsp3) is 0.176. The Hall–Kier alpha value is -2.53. The zero-order valence-corrected chi connectivity index (χ0v) is 13.7. The van der Waals surface area contributed by atoms with Crippen molar-refractivity contribution < 1.29 is 9.59 Å². The van der Waals surface area contributed by atoms with E-state index in [0.717, 1.165) is 5.56 Å². The topological polar surface area (TPSA) is 61.4 Å². The molecular formula is C17H18ClN3O2. The summed E-state index contributed by atoms with van der Waals surface area (Å²) >= 11 is 6.04. The molecule has 6 heteroatoms. The number of hydrogen-bond donors (Lipinski definition) is 2. The van der Waals surface area contributed by atoms with Crippen molar-refractivity contribution in [2.24, 2.45) is 0 Å². The number of nitrogens with one attached hydrogen (secondary N) is 2. The fourth-order valence-corrected chi connectivity index (χ4v) is 2.18. The minimum absolute atomic E-state index is 0.120. The van der Waals surface area contributed by atoms with Crippen LogP contribution in [0.25, 0.3) is 0 Å². The number of anilines is 1. The van der Waals surface area contributed by atoms with Crippen LogP contribution in [0.15, 0.2) is 48.5 Å². The zero-order valence-electron chi connectivity index (χ0n) is 13.0. The highest BCUT2D eigenvalue weighted by atomic mass is 35.5. The Balaban J connectivity index is 1.97. The highest BCUT2D eigenvalue weighted by Crippen LogP contribution is 2.15. The second-order valence-electron chi connectivity index (χ2n) is 5.18. The Morgan fingerprint density at radius 3 is 2.52 bits per heavy atom. The van der Waals surface area contributed by atoms with Gasteiger partial charge in [0.2, 0.25) is 0 Å². The van der Waals surface area contributed by atoms with E-state index in [0.29, 0.717) is 22.8 Å². The van der Waals surface area contributed by atoms with Gasteiger partial charge in [-0.1, -0.05) is 35.9 Å². The summed E-state index contributed by atoms with van der Waals surface area (Å²) in [5.74, 6) is -0.120. The van der Waals surface area contributed by atoms with E-state index in [1.54, 1.807) is 44.4 Å². The SMILES string of the molecule is CN(C)C(=O)c1cccc(NC(=O)NCc2ccccc2Cl)c1. The van der Waals surface area contributed by atoms with Crippen LogP contribution in [0.1, 0.15) is 15.9 Å². The summed E-state index contributed by atoms with van der Waals surface area (Å²) in [7, 11) is 3.36. The van der Waals surface area contributed by atoms with Crippen LogP contribution in [-0.2, 0) is 6.54 Å². The third-order valence-electron chi connectivity index (χ3n) is 3.17. The van der Waals surface area contributed by atoms with Crippen molar-refractivity contribution >= 4 is 29.2 Å². The molecule has 2 rings (SSSR count). The average Bonchev–Trinajstić information content (AvgIpc) is 2.53. The van der Waals surface area contributed by atoms with E-state index in [-0.39, 0.29) is 11.9 Å². The second kappa shape index (κ2) is 7.65. The molecule has 3 amide bonds. The number of benzene rings is 2. The van der Waals surface area contributed by atoms with Gasteiger partial charge in [-0.05, 0) is 29.8 Å². The minimum atomic E-state index is -0.362. The summed E-state index contributed by atoms with van der Waals surface area (Å²) in [6.45, 7) is 0.321. The van der Waals surface area contributed by atoms with E-state index in [9.17, 15) is 9.59 Å². The lowest BCUT2D eigenvalue weighted by molar-refractivity contribution is 0.0827. The standard InChI is InChI=1S/C17H18ClN3O2/c1-21(2)16(22)12-7-5-8-14(10-12)20-17(23)19-11-13-6-3-4-9-15(13)18/h3-10H,11H2,1-2H3,(H2,19,20,23). The van der Waals surface area contributed by atoms with Crippen molar-refractivity contribution in [1.29, 1.82) is 0 Å². The highest BCUT2D eigenvalue weighted by molar-refractivity contribution is 6.31. The smallest absolute Gasteiger partial charge is 0.319 e. The lowest BCUT2D eigenvalue weighted by atomic mass is 10.2. The van der Waals surface area contributed by atoms with Gasteiger partial charge in [0.15, 0.2) is 0 Å². The Morgan fingerprint density at radius 2 is 1.83 bits per heavy atom. The van der Waals surface area contributed by atoms with E-state index in [4.69, 9.17) is 11.6 Å². The van der Waals surface area contributed by atoms with Crippen LogP contribution in [-0.4, -0.2) is 30.9 Å². The maximum absolute atomic E-state index is 12.0. The van der Waals surface area contributed by atoms with Gasteiger partial charge in [0, 0.05) is 36.9 Å². The summed E-state index contributed by atoms with van der Waals surface area (Å²) in [6.07, 6.45) is 0. The van der Waals surface area contributed by atoms with Gasteiger partial charge in [-0.2, -0.15) is 0 Å². The van der Waals surface area contributed by atoms with Gasteiger partial charge in [0.05, 0.1) is 0 Å². The van der Waals surface area contributed by atoms with Crippen molar-refractivity contribution in [3.8, 4) is 0 Å². The number of hydrogen-bond acceptors (Lipinski definition) is 2. The monoisotopic (exact) mass is 331 g/mol. The molecule has 0 aliphatic heterocycles. The first kappa shape index (κ1) is 16.8. The van der Waals surface area contributed by atoms with Gasteiger partial charge in [0.25, 0.3) is 5.91 Å². The first-order chi connectivity index (χ1) is 11.0. The van der Waals surface area contributed by atoms with E-state index in [1.807, 2.05) is 18.2 Å². The molecule has 2 aromatic rings. The minimum Gasteiger partial charge on any atom is -0.345 e. The van der Waals surface area contributed by atoms with Crippen LogP contribution in [0.5, 0.6) is 0 Å². The molecule has 5 nitrogen and oxygen atoms in total. The van der Waals surface area contributed by atoms with Gasteiger partial charge in [-0.25, -0.2) is 4.79 Å². The maximum Gasteiger partial charge on any atom is 0.319 e. The molecule has 0 aromatic heterocycles. The molecule has 120 valence electrons. The molecule has 0 fully saturated rings. The summed E-state index contributed by atoms with van der Waals surface area (Å²) in [4.78, 5) is 25.3. The Bertz CT molecular complexity index is 716. The predicted molar refractivity (Wildman–Crippen MR) is 91.8 cm³/mol. The van der Waals surface area contributed by atoms with Gasteiger partial charge < -0.3 is 15.5 Å². The average molecular weight is 332 g/mol. The molecule has 0 aliphatic rings. The van der Waals surface area contributed by atoms with Gasteiger partial charge in [-0.3, -0.25) is 4.79 Å². The number of nitrogens with zero attached hydrogens (tertiary/aromatic N) is 1. The number of carbonyl (C=O) groups is 2. The molecule has 0 atom stereocenters. The quantitative estimate of drug-likeness (QED) is 0.902. The van der Waals surface area contributed by atoms with E-state index >= 15 is 0 Å². The van der Waals surface area contributed by atoms with Gasteiger partial charge in [0.1, 0.15) is 0 Å². The molecule has 0 aliphatic carbocycles. The van der Waals surface area contributed by atoms with Crippen LogP contribution in [0, 0.1) is 0 Å². The second-order valence-corrected chi connectivity index (χ2v) is 5.59. The lowest BCUT2D eigenvalue weighted by Crippen LogP contribution is -2.28. The van der Waals surface area contributed by atoms with Crippen LogP contribution in [0.4, 0.5) is 10.5 Å². The summed E-state index contributed by atoms with van der Waals surface area (Å²) in [5, 5.41) is 6.03. The molecule has 2 aromatic carbocycles. The van der Waals surface area contributed by atoms with Crippen LogP contribution < -0.4 is 10.6 Å². The highest BCUT2D eigenvalue weighted by Gasteiger charge is 2.09. The van der Waals surface area contributed by atoms with Crippen molar-refractivity contribution in [3.05, 3.63) is 64.7 Å². The summed E-state index contributed by atoms with van der Waals surface area (Å²) in [6, 6.07) is 13.7. The predicted octanol–water partition coefficient (Wildman–Crippen LogP) is 3.36. The molecular weight excluding hydrogens is 314 g/mol. The van der Waals surface area contributed by atoms with Crippen molar-refractivity contribution in [1.82, 2.24) is 10.2 Å². The number of urea groups is 1. The summed E-state index contributed by atoms with van der Waals surface area (Å²) in [5.41, 5.74) is 1.90. The first-order valence-electron chi connectivity index (χ1n) is 7.07. The molecule has 0 spiro atoms. The molecule has 0 heterocycles. The normalized spacial score (nSPS) is 10.0. The maximum atomic E-state index is 12.0. The number of rotatable bonds is 4. The molecule has 0 radical (unpaired) electrons. The Morgan fingerprint density at radius 1 is 1.09 bits per heavy atom. The Labute approximate surface area is 140 Å². The van der Waals surface area contributed by atoms with Crippen LogP contribution in [0.2, 0.25) is 5.02 Å². The van der Waals surface area contributed by atoms with Crippen molar-refractivity contribution in [2.45, 2.75) is 6.54 Å². The molecule has 0 bridgehead atoms. The molecule has 2 N–H and O–H groups in total. The lowest BCUT2D eigenvalue weighted by Gasteiger charge is -2.12. The Kier molecular flexibility index (Phi) is 5.60. The van der Waals surface area contributed by atoms with E-state index in [2.05, 4.69) is 10.6 Å². The van der Waals surface area contributed by atoms with E-state index < -0.39 is 0 Å². The zero-order chi connectivity index (χ0) is 16.8. The molecule has 0 saturated carbocycles. The van der Waals surface area contributed by atoms with Crippen molar-refractivity contribution in [3.63, 3.8) is 0 Å². The molecule has 0 saturated heterocycles. The largest absolute Gasteiger partial charge is 0.345 e. The number of amides is 3. The summed E-state index contributed by atoms with van der Waals surface area (Å²) < 4.78 is 0. The van der Waals surface area contributed by atoms with Gasteiger partial charge in [-0.15, -0.1) is 0 Å². The first-order valence-corrected chi connectivity index (χ1v) is 7.45. The van der Waals surface area contributed by atoms with Crippen molar-refractivity contribution in [2.75, 3.05) is 19.4 Å². The molecule has 23 heavy (non-hydrogen) atoms. The number of halogens is 1. The third kappa shape index (κ3) is 4.72. The van der Waals surface area contributed by atoms with Crippen LogP contribution in [0.3, 0.4) is 0 Å². The van der Waals surface area contributed by atoms with E-state index in [1.165, 1.54) is 4.90 Å². The van der Waals surface area contributed by atoms with Crippen LogP contribution >= 0.6 is 11.6 Å². The molecule has 0 unspecified atom stereocenters. The van der Waals surface area contributed by atoms with Gasteiger partial charge >= 0.3 is 6.03 Å². The fourth-order valence-electron chi connectivity index (χ4n) is 1.98. The number of carbonyl (C=O) groups excluding carboxylic acids is 2. The third-order valence-corrected chi connectivity index (χ3v) is 3.54.